The van der Waals surface area contributed by atoms with Crippen LogP contribution in [-0.4, -0.2) is 12.5 Å². The number of aryl methyl sites for hydroxylation is 1. The Bertz CT molecular complexity index is 439. The van der Waals surface area contributed by atoms with Gasteiger partial charge in [0.05, 0.1) is 11.3 Å². The molecule has 0 heterocycles. The summed E-state index contributed by atoms with van der Waals surface area (Å²) in [6.07, 6.45) is 6.41. The van der Waals surface area contributed by atoms with Gasteiger partial charge in [-0.05, 0) is 31.4 Å². The number of hydrogen-bond donors (Lipinski definition) is 3. The Morgan fingerprint density at radius 3 is 2.79 bits per heavy atom. The molecule has 0 radical (unpaired) electrons. The second-order valence-corrected chi connectivity index (χ2v) is 5.39. The monoisotopic (exact) mass is 261 g/mol. The Morgan fingerprint density at radius 1 is 1.37 bits per heavy atom. The molecule has 0 unspecified atom stereocenters. The number of nitrogens with two attached hydrogens (primary N) is 1. The quantitative estimate of drug-likeness (QED) is 0.564. The summed E-state index contributed by atoms with van der Waals surface area (Å²) >= 11 is 0. The maximum atomic E-state index is 12.1. The van der Waals surface area contributed by atoms with Crippen molar-refractivity contribution in [1.82, 2.24) is 5.32 Å². The molecule has 1 aromatic rings. The molecule has 1 aromatic carbocycles. The largest absolute Gasteiger partial charge is 0.352 e. The van der Waals surface area contributed by atoms with E-state index >= 15 is 0 Å². The predicted octanol–water partition coefficient (Wildman–Crippen LogP) is 2.59. The van der Waals surface area contributed by atoms with E-state index in [4.69, 9.17) is 5.84 Å². The Labute approximate surface area is 114 Å². The van der Waals surface area contributed by atoms with Gasteiger partial charge in [0.15, 0.2) is 0 Å². The average molecular weight is 261 g/mol. The topological polar surface area (TPSA) is 67.1 Å². The first-order valence-electron chi connectivity index (χ1n) is 7.06. The maximum absolute atomic E-state index is 12.1. The highest BCUT2D eigenvalue weighted by molar-refractivity contribution is 5.99. The first kappa shape index (κ1) is 13.9. The van der Waals surface area contributed by atoms with Crippen LogP contribution in [0, 0.1) is 12.8 Å². The van der Waals surface area contributed by atoms with E-state index in [1.165, 1.54) is 25.7 Å². The Balaban J connectivity index is 1.89. The molecule has 0 aliphatic heterocycles. The molecule has 104 valence electrons. The lowest BCUT2D eigenvalue weighted by molar-refractivity contribution is 0.0952. The van der Waals surface area contributed by atoms with Gasteiger partial charge in [0, 0.05) is 6.54 Å². The molecule has 0 saturated heterocycles. The molecule has 19 heavy (non-hydrogen) atoms. The van der Waals surface area contributed by atoms with Crippen molar-refractivity contribution >= 4 is 11.6 Å². The molecule has 4 nitrogen and oxygen atoms in total. The third-order valence-electron chi connectivity index (χ3n) is 3.89. The van der Waals surface area contributed by atoms with Gasteiger partial charge in [-0.3, -0.25) is 10.6 Å². The molecule has 4 N–H and O–H groups in total. The Kier molecular flexibility index (Phi) is 4.80. The SMILES string of the molecule is Cc1ccc(NN)c(C(=O)NCCC2CCCC2)c1. The number of hydrazine groups is 1. The fourth-order valence-electron chi connectivity index (χ4n) is 2.76. The molecule has 1 amide bonds. The van der Waals surface area contributed by atoms with E-state index in [0.717, 1.165) is 24.4 Å². The molecule has 1 fully saturated rings. The Hall–Kier alpha value is -1.55. The third-order valence-corrected chi connectivity index (χ3v) is 3.89. The molecular weight excluding hydrogens is 238 g/mol. The van der Waals surface area contributed by atoms with Gasteiger partial charge < -0.3 is 10.7 Å². The number of rotatable bonds is 5. The van der Waals surface area contributed by atoms with Crippen LogP contribution < -0.4 is 16.6 Å². The molecule has 1 aliphatic carbocycles. The predicted molar refractivity (Wildman–Crippen MR) is 77.9 cm³/mol. The van der Waals surface area contributed by atoms with Crippen LogP contribution in [-0.2, 0) is 0 Å². The summed E-state index contributed by atoms with van der Waals surface area (Å²) in [6.45, 7) is 2.72. The highest BCUT2D eigenvalue weighted by Crippen LogP contribution is 2.27. The van der Waals surface area contributed by atoms with Crippen LogP contribution >= 0.6 is 0 Å². The first-order chi connectivity index (χ1) is 9.20. The maximum Gasteiger partial charge on any atom is 0.253 e. The van der Waals surface area contributed by atoms with Crippen molar-refractivity contribution in [3.63, 3.8) is 0 Å². The smallest absolute Gasteiger partial charge is 0.253 e. The minimum Gasteiger partial charge on any atom is -0.352 e. The van der Waals surface area contributed by atoms with Gasteiger partial charge in [-0.15, -0.1) is 0 Å². The van der Waals surface area contributed by atoms with Crippen LogP contribution in [0.25, 0.3) is 0 Å². The fourth-order valence-corrected chi connectivity index (χ4v) is 2.76. The minimum absolute atomic E-state index is 0.0466. The first-order valence-corrected chi connectivity index (χ1v) is 7.06. The number of nitrogens with one attached hydrogen (secondary N) is 2. The zero-order valence-corrected chi connectivity index (χ0v) is 11.5. The molecule has 2 rings (SSSR count). The molecule has 0 atom stereocenters. The van der Waals surface area contributed by atoms with E-state index in [9.17, 15) is 4.79 Å². The molecule has 0 spiro atoms. The summed E-state index contributed by atoms with van der Waals surface area (Å²) < 4.78 is 0. The second kappa shape index (κ2) is 6.57. The van der Waals surface area contributed by atoms with Crippen molar-refractivity contribution in [2.75, 3.05) is 12.0 Å². The fraction of sp³-hybridized carbons (Fsp3) is 0.533. The van der Waals surface area contributed by atoms with Gasteiger partial charge in [-0.2, -0.15) is 0 Å². The number of carbonyl (C=O) groups excluding carboxylic acids is 1. The van der Waals surface area contributed by atoms with E-state index in [1.807, 2.05) is 25.1 Å². The number of nitrogen functional groups attached to an aromatic ring is 1. The van der Waals surface area contributed by atoms with Crippen LogP contribution in [0.5, 0.6) is 0 Å². The summed E-state index contributed by atoms with van der Waals surface area (Å²) in [5.74, 6) is 6.19. The molecule has 1 aliphatic rings. The number of carbonyl (C=O) groups is 1. The minimum atomic E-state index is -0.0466. The van der Waals surface area contributed by atoms with Crippen LogP contribution in [0.3, 0.4) is 0 Å². The zero-order valence-electron chi connectivity index (χ0n) is 11.5. The summed E-state index contributed by atoms with van der Waals surface area (Å²) in [7, 11) is 0. The summed E-state index contributed by atoms with van der Waals surface area (Å²) in [5, 5.41) is 2.99. The lowest BCUT2D eigenvalue weighted by atomic mass is 10.0. The van der Waals surface area contributed by atoms with Gasteiger partial charge in [0.25, 0.3) is 5.91 Å². The van der Waals surface area contributed by atoms with Crippen molar-refractivity contribution < 1.29 is 4.79 Å². The molecule has 0 aromatic heterocycles. The highest BCUT2D eigenvalue weighted by Gasteiger charge is 2.16. The van der Waals surface area contributed by atoms with Crippen molar-refractivity contribution in [2.24, 2.45) is 11.8 Å². The van der Waals surface area contributed by atoms with Crippen LogP contribution in [0.1, 0.15) is 48.0 Å². The van der Waals surface area contributed by atoms with Crippen molar-refractivity contribution in [2.45, 2.75) is 39.0 Å². The molecule has 1 saturated carbocycles. The third kappa shape index (κ3) is 3.70. The van der Waals surface area contributed by atoms with Crippen LogP contribution in [0.2, 0.25) is 0 Å². The van der Waals surface area contributed by atoms with E-state index in [-0.39, 0.29) is 5.91 Å². The van der Waals surface area contributed by atoms with Crippen molar-refractivity contribution in [1.29, 1.82) is 0 Å². The summed E-state index contributed by atoms with van der Waals surface area (Å²) in [4.78, 5) is 12.1. The number of anilines is 1. The summed E-state index contributed by atoms with van der Waals surface area (Å²) in [6, 6.07) is 5.63. The van der Waals surface area contributed by atoms with E-state index in [1.54, 1.807) is 0 Å². The van der Waals surface area contributed by atoms with E-state index < -0.39 is 0 Å². The molecule has 4 heteroatoms. The molecule has 0 bridgehead atoms. The van der Waals surface area contributed by atoms with E-state index in [0.29, 0.717) is 11.3 Å². The molecular formula is C15H23N3O. The second-order valence-electron chi connectivity index (χ2n) is 5.39. The van der Waals surface area contributed by atoms with E-state index in [2.05, 4.69) is 10.7 Å². The van der Waals surface area contributed by atoms with Crippen molar-refractivity contribution in [3.8, 4) is 0 Å². The van der Waals surface area contributed by atoms with Gasteiger partial charge >= 0.3 is 0 Å². The standard InChI is InChI=1S/C15H23N3O/c1-11-6-7-14(18-16)13(10-11)15(19)17-9-8-12-4-2-3-5-12/h6-7,10,12,18H,2-5,8-9,16H2,1H3,(H,17,19). The lowest BCUT2D eigenvalue weighted by Gasteiger charge is -2.12. The van der Waals surface area contributed by atoms with Gasteiger partial charge in [0.2, 0.25) is 0 Å². The normalized spacial score (nSPS) is 15.5. The van der Waals surface area contributed by atoms with Crippen molar-refractivity contribution in [3.05, 3.63) is 29.3 Å². The van der Waals surface area contributed by atoms with Gasteiger partial charge in [-0.1, -0.05) is 37.3 Å². The Morgan fingerprint density at radius 2 is 2.11 bits per heavy atom. The summed E-state index contributed by atoms with van der Waals surface area (Å²) in [5.41, 5.74) is 4.92. The number of amides is 1. The van der Waals surface area contributed by atoms with Gasteiger partial charge in [0.1, 0.15) is 0 Å². The van der Waals surface area contributed by atoms with Gasteiger partial charge in [-0.25, -0.2) is 0 Å². The van der Waals surface area contributed by atoms with Crippen LogP contribution in [0.15, 0.2) is 18.2 Å². The average Bonchev–Trinajstić information content (AvgIpc) is 2.91. The van der Waals surface area contributed by atoms with Crippen LogP contribution in [0.4, 0.5) is 5.69 Å². The lowest BCUT2D eigenvalue weighted by Crippen LogP contribution is -2.27. The number of benzene rings is 1. The highest BCUT2D eigenvalue weighted by atomic mass is 16.1. The number of hydrogen-bond acceptors (Lipinski definition) is 3. The zero-order chi connectivity index (χ0) is 13.7.